The van der Waals surface area contributed by atoms with Crippen molar-refractivity contribution in [2.75, 3.05) is 5.73 Å². The highest BCUT2D eigenvalue weighted by atomic mass is 16.5. The van der Waals surface area contributed by atoms with Crippen LogP contribution in [0.1, 0.15) is 10.4 Å². The van der Waals surface area contributed by atoms with E-state index in [0.717, 1.165) is 5.39 Å². The molecule has 0 aliphatic heterocycles. The van der Waals surface area contributed by atoms with Gasteiger partial charge in [0.1, 0.15) is 5.52 Å². The summed E-state index contributed by atoms with van der Waals surface area (Å²) in [4.78, 5) is 15.3. The molecule has 0 aliphatic carbocycles. The SMILES string of the molecule is Nc1ccc(C(=O)O)cc1Oc1cccc2cccnc12. The number of rotatable bonds is 3. The van der Waals surface area contributed by atoms with Crippen molar-refractivity contribution in [3.05, 3.63) is 60.3 Å². The molecule has 0 aliphatic rings. The number of pyridine rings is 1. The Morgan fingerprint density at radius 1 is 1.10 bits per heavy atom. The Balaban J connectivity index is 2.06. The lowest BCUT2D eigenvalue weighted by molar-refractivity contribution is 0.0696. The average Bonchev–Trinajstić information content (AvgIpc) is 2.49. The van der Waals surface area contributed by atoms with Crippen LogP contribution in [0.25, 0.3) is 10.9 Å². The van der Waals surface area contributed by atoms with Crippen LogP contribution in [0.2, 0.25) is 0 Å². The fourth-order valence-corrected chi connectivity index (χ4v) is 2.03. The van der Waals surface area contributed by atoms with Crippen molar-refractivity contribution in [3.63, 3.8) is 0 Å². The number of para-hydroxylation sites is 1. The summed E-state index contributed by atoms with van der Waals surface area (Å²) < 4.78 is 5.76. The van der Waals surface area contributed by atoms with Crippen LogP contribution < -0.4 is 10.5 Å². The molecule has 0 radical (unpaired) electrons. The third-order valence-corrected chi connectivity index (χ3v) is 3.08. The summed E-state index contributed by atoms with van der Waals surface area (Å²) >= 11 is 0. The number of nitrogens with two attached hydrogens (primary N) is 1. The van der Waals surface area contributed by atoms with Gasteiger partial charge in [0.2, 0.25) is 0 Å². The number of aromatic nitrogens is 1. The van der Waals surface area contributed by atoms with Crippen molar-refractivity contribution >= 4 is 22.6 Å². The first-order valence-corrected chi connectivity index (χ1v) is 6.29. The van der Waals surface area contributed by atoms with Gasteiger partial charge in [-0.2, -0.15) is 0 Å². The number of fused-ring (bicyclic) bond motifs is 1. The maximum absolute atomic E-state index is 11.0. The van der Waals surface area contributed by atoms with Gasteiger partial charge in [-0.05, 0) is 30.3 Å². The van der Waals surface area contributed by atoms with Gasteiger partial charge in [0.25, 0.3) is 0 Å². The fraction of sp³-hybridized carbons (Fsp3) is 0. The number of hydrogen-bond acceptors (Lipinski definition) is 4. The monoisotopic (exact) mass is 280 g/mol. The van der Waals surface area contributed by atoms with Crippen molar-refractivity contribution in [1.29, 1.82) is 0 Å². The van der Waals surface area contributed by atoms with Crippen LogP contribution in [-0.2, 0) is 0 Å². The lowest BCUT2D eigenvalue weighted by Crippen LogP contribution is -1.99. The van der Waals surface area contributed by atoms with Crippen LogP contribution in [0.5, 0.6) is 11.5 Å². The summed E-state index contributed by atoms with van der Waals surface area (Å²) in [6.07, 6.45) is 1.67. The summed E-state index contributed by atoms with van der Waals surface area (Å²) in [7, 11) is 0. The van der Waals surface area contributed by atoms with E-state index >= 15 is 0 Å². The molecule has 1 heterocycles. The highest BCUT2D eigenvalue weighted by Gasteiger charge is 2.10. The number of anilines is 1. The second-order valence-corrected chi connectivity index (χ2v) is 4.49. The van der Waals surface area contributed by atoms with Crippen molar-refractivity contribution in [3.8, 4) is 11.5 Å². The highest BCUT2D eigenvalue weighted by Crippen LogP contribution is 2.32. The second-order valence-electron chi connectivity index (χ2n) is 4.49. The minimum absolute atomic E-state index is 0.118. The van der Waals surface area contributed by atoms with E-state index in [1.54, 1.807) is 12.3 Å². The first-order chi connectivity index (χ1) is 10.1. The third kappa shape index (κ3) is 2.49. The molecule has 104 valence electrons. The Morgan fingerprint density at radius 3 is 2.71 bits per heavy atom. The summed E-state index contributed by atoms with van der Waals surface area (Å²) in [5.41, 5.74) is 7.02. The van der Waals surface area contributed by atoms with E-state index in [9.17, 15) is 4.79 Å². The molecule has 0 unspecified atom stereocenters. The summed E-state index contributed by atoms with van der Waals surface area (Å²) in [5, 5.41) is 9.96. The largest absolute Gasteiger partial charge is 0.478 e. The van der Waals surface area contributed by atoms with Gasteiger partial charge < -0.3 is 15.6 Å². The predicted molar refractivity (Wildman–Crippen MR) is 79.6 cm³/mol. The number of nitrogens with zero attached hydrogens (tertiary/aromatic N) is 1. The lowest BCUT2D eigenvalue weighted by atomic mass is 10.2. The molecule has 3 aromatic rings. The lowest BCUT2D eigenvalue weighted by Gasteiger charge is -2.11. The van der Waals surface area contributed by atoms with Gasteiger partial charge in [-0.15, -0.1) is 0 Å². The van der Waals surface area contributed by atoms with Gasteiger partial charge in [-0.3, -0.25) is 4.98 Å². The van der Waals surface area contributed by atoms with Crippen LogP contribution in [0.15, 0.2) is 54.7 Å². The molecule has 21 heavy (non-hydrogen) atoms. The number of nitrogen functional groups attached to an aromatic ring is 1. The summed E-state index contributed by atoms with van der Waals surface area (Å²) in [5.74, 6) is -0.203. The van der Waals surface area contributed by atoms with E-state index in [2.05, 4.69) is 4.98 Å². The summed E-state index contributed by atoms with van der Waals surface area (Å²) in [6.45, 7) is 0. The Labute approximate surface area is 120 Å². The first-order valence-electron chi connectivity index (χ1n) is 6.29. The molecule has 0 saturated heterocycles. The third-order valence-electron chi connectivity index (χ3n) is 3.08. The molecule has 5 nitrogen and oxygen atoms in total. The van der Waals surface area contributed by atoms with Crippen molar-refractivity contribution < 1.29 is 14.6 Å². The van der Waals surface area contributed by atoms with Crippen LogP contribution in [0.3, 0.4) is 0 Å². The molecule has 0 amide bonds. The van der Waals surface area contributed by atoms with Gasteiger partial charge in [0.15, 0.2) is 11.5 Å². The van der Waals surface area contributed by atoms with Gasteiger partial charge in [0, 0.05) is 11.6 Å². The maximum Gasteiger partial charge on any atom is 0.335 e. The minimum atomic E-state index is -1.03. The number of hydrogen-bond donors (Lipinski definition) is 2. The zero-order chi connectivity index (χ0) is 14.8. The van der Waals surface area contributed by atoms with Crippen molar-refractivity contribution in [2.45, 2.75) is 0 Å². The molecule has 0 saturated carbocycles. The molecule has 0 bridgehead atoms. The Kier molecular flexibility index (Phi) is 3.16. The number of carboxylic acid groups (broad SMARTS) is 1. The quantitative estimate of drug-likeness (QED) is 0.719. The van der Waals surface area contributed by atoms with Crippen molar-refractivity contribution in [2.24, 2.45) is 0 Å². The molecule has 0 fully saturated rings. The molecule has 0 spiro atoms. The smallest absolute Gasteiger partial charge is 0.335 e. The van der Waals surface area contributed by atoms with E-state index in [1.165, 1.54) is 18.2 Å². The van der Waals surface area contributed by atoms with Gasteiger partial charge in [-0.25, -0.2) is 4.79 Å². The maximum atomic E-state index is 11.0. The van der Waals surface area contributed by atoms with E-state index in [1.807, 2.05) is 24.3 Å². The zero-order valence-corrected chi connectivity index (χ0v) is 11.0. The second kappa shape index (κ2) is 5.13. The average molecular weight is 280 g/mol. The van der Waals surface area contributed by atoms with E-state index in [-0.39, 0.29) is 5.56 Å². The normalized spacial score (nSPS) is 10.5. The Morgan fingerprint density at radius 2 is 1.90 bits per heavy atom. The topological polar surface area (TPSA) is 85.4 Å². The number of benzene rings is 2. The Bertz CT molecular complexity index is 825. The standard InChI is InChI=1S/C16H12N2O3/c17-12-7-6-11(16(19)20)9-14(12)21-13-5-1-3-10-4-2-8-18-15(10)13/h1-9H,17H2,(H,19,20). The fourth-order valence-electron chi connectivity index (χ4n) is 2.03. The van der Waals surface area contributed by atoms with Gasteiger partial charge in [0.05, 0.1) is 11.3 Å². The number of ether oxygens (including phenoxy) is 1. The molecule has 1 aromatic heterocycles. The highest BCUT2D eigenvalue weighted by molar-refractivity contribution is 5.89. The molecule has 3 N–H and O–H groups in total. The van der Waals surface area contributed by atoms with Crippen LogP contribution in [0.4, 0.5) is 5.69 Å². The summed E-state index contributed by atoms with van der Waals surface area (Å²) in [6, 6.07) is 13.6. The van der Waals surface area contributed by atoms with Gasteiger partial charge in [-0.1, -0.05) is 18.2 Å². The van der Waals surface area contributed by atoms with Crippen molar-refractivity contribution in [1.82, 2.24) is 4.98 Å². The van der Waals surface area contributed by atoms with Crippen LogP contribution in [-0.4, -0.2) is 16.1 Å². The van der Waals surface area contributed by atoms with Gasteiger partial charge >= 0.3 is 5.97 Å². The van der Waals surface area contributed by atoms with E-state index in [4.69, 9.17) is 15.6 Å². The Hall–Kier alpha value is -3.08. The molecular formula is C16H12N2O3. The van der Waals surface area contributed by atoms with Crippen LogP contribution >= 0.6 is 0 Å². The molecule has 2 aromatic carbocycles. The van der Waals surface area contributed by atoms with E-state index < -0.39 is 5.97 Å². The molecular weight excluding hydrogens is 268 g/mol. The minimum Gasteiger partial charge on any atom is -0.478 e. The number of carbonyl (C=O) groups is 1. The zero-order valence-electron chi connectivity index (χ0n) is 11.0. The van der Waals surface area contributed by atoms with Crippen LogP contribution in [0, 0.1) is 0 Å². The molecule has 0 atom stereocenters. The number of carboxylic acids is 1. The predicted octanol–water partition coefficient (Wildman–Crippen LogP) is 3.31. The molecule has 3 rings (SSSR count). The van der Waals surface area contributed by atoms with E-state index in [0.29, 0.717) is 22.7 Å². The first kappa shape index (κ1) is 12.9. The molecule has 5 heteroatoms. The number of aromatic carboxylic acids is 1.